The zero-order valence-electron chi connectivity index (χ0n) is 11.4. The highest BCUT2D eigenvalue weighted by Crippen LogP contribution is 2.29. The Kier molecular flexibility index (Phi) is 5.59. The fourth-order valence-corrected chi connectivity index (χ4v) is 2.93. The molecule has 1 aromatic carbocycles. The lowest BCUT2D eigenvalue weighted by Crippen LogP contribution is -2.37. The lowest BCUT2D eigenvalue weighted by molar-refractivity contribution is -0.137. The van der Waals surface area contributed by atoms with Crippen molar-refractivity contribution in [2.45, 2.75) is 25.6 Å². The van der Waals surface area contributed by atoms with Gasteiger partial charge in [0, 0.05) is 12.3 Å². The second kappa shape index (κ2) is 6.58. The Hall–Kier alpha value is -1.08. The maximum absolute atomic E-state index is 12.4. The van der Waals surface area contributed by atoms with E-state index >= 15 is 0 Å². The molecule has 1 rings (SSSR count). The van der Waals surface area contributed by atoms with E-state index in [2.05, 4.69) is 5.32 Å². The van der Waals surface area contributed by atoms with Crippen molar-refractivity contribution in [2.24, 2.45) is 0 Å². The van der Waals surface area contributed by atoms with E-state index in [9.17, 15) is 21.6 Å². The summed E-state index contributed by atoms with van der Waals surface area (Å²) in [7, 11) is -3.14. The van der Waals surface area contributed by atoms with Crippen LogP contribution in [-0.4, -0.2) is 33.0 Å². The molecule has 0 saturated carbocycles. The molecule has 0 saturated heterocycles. The van der Waals surface area contributed by atoms with Crippen LogP contribution >= 0.6 is 0 Å². The fraction of sp³-hybridized carbons (Fsp3) is 0.538. The Morgan fingerprint density at radius 1 is 1.20 bits per heavy atom. The smallest absolute Gasteiger partial charge is 0.313 e. The first-order valence-electron chi connectivity index (χ1n) is 6.19. The van der Waals surface area contributed by atoms with E-state index in [0.717, 1.165) is 18.4 Å². The van der Waals surface area contributed by atoms with E-state index in [-0.39, 0.29) is 11.8 Å². The van der Waals surface area contributed by atoms with Crippen molar-refractivity contribution in [1.29, 1.82) is 0 Å². The number of benzene rings is 1. The molecule has 1 atom stereocenters. The normalized spacial score (nSPS) is 14.2. The van der Waals surface area contributed by atoms with Crippen LogP contribution in [0.5, 0.6) is 0 Å². The van der Waals surface area contributed by atoms with Crippen molar-refractivity contribution in [3.63, 3.8) is 0 Å². The molecule has 1 aromatic rings. The Morgan fingerprint density at radius 3 is 2.15 bits per heavy atom. The topological polar surface area (TPSA) is 46.2 Å². The second-order valence-electron chi connectivity index (χ2n) is 4.75. The Bertz CT molecular complexity index is 524. The Balaban J connectivity index is 2.79. The number of sulfone groups is 1. The van der Waals surface area contributed by atoms with E-state index in [0.29, 0.717) is 18.5 Å². The van der Waals surface area contributed by atoms with E-state index in [4.69, 9.17) is 0 Å². The van der Waals surface area contributed by atoms with Crippen molar-refractivity contribution in [3.05, 3.63) is 35.4 Å². The number of alkyl halides is 3. The molecule has 0 spiro atoms. The summed E-state index contributed by atoms with van der Waals surface area (Å²) in [6, 6.07) is 4.49. The summed E-state index contributed by atoms with van der Waals surface area (Å²) in [5.41, 5.74) is -0.0306. The van der Waals surface area contributed by atoms with Gasteiger partial charge in [0.25, 0.3) is 0 Å². The summed E-state index contributed by atoms with van der Waals surface area (Å²) < 4.78 is 59.9. The maximum Gasteiger partial charge on any atom is 0.416 e. The van der Waals surface area contributed by atoms with Crippen molar-refractivity contribution in [1.82, 2.24) is 5.32 Å². The van der Waals surface area contributed by atoms with Crippen LogP contribution in [0.2, 0.25) is 0 Å². The first-order valence-corrected chi connectivity index (χ1v) is 8.25. The fourth-order valence-electron chi connectivity index (χ4n) is 1.96. The zero-order chi connectivity index (χ0) is 15.4. The molecule has 0 bridgehead atoms. The molecular formula is C13H18F3NO2S. The molecule has 0 heterocycles. The quantitative estimate of drug-likeness (QED) is 0.877. The predicted octanol–water partition coefficient (Wildman–Crippen LogP) is 2.27. The average molecular weight is 309 g/mol. The minimum Gasteiger partial charge on any atom is -0.313 e. The summed E-state index contributed by atoms with van der Waals surface area (Å²) in [5.74, 6) is -0.0398. The number of halogens is 3. The van der Waals surface area contributed by atoms with Crippen molar-refractivity contribution < 1.29 is 21.6 Å². The number of hydrogen-bond acceptors (Lipinski definition) is 3. The monoisotopic (exact) mass is 309 g/mol. The van der Waals surface area contributed by atoms with Crippen LogP contribution in [0.25, 0.3) is 0 Å². The molecule has 1 N–H and O–H groups in total. The Labute approximate surface area is 117 Å². The van der Waals surface area contributed by atoms with E-state index < -0.39 is 21.6 Å². The van der Waals surface area contributed by atoms with Gasteiger partial charge in [-0.3, -0.25) is 0 Å². The average Bonchev–Trinajstić information content (AvgIpc) is 2.26. The summed E-state index contributed by atoms with van der Waals surface area (Å²) in [5, 5.41) is 3.03. The third-order valence-corrected chi connectivity index (χ3v) is 3.77. The highest BCUT2D eigenvalue weighted by Gasteiger charge is 2.30. The molecule has 0 fully saturated rings. The van der Waals surface area contributed by atoms with Crippen molar-refractivity contribution in [2.75, 3.05) is 18.6 Å². The molecule has 3 nitrogen and oxygen atoms in total. The molecule has 0 aliphatic heterocycles. The largest absolute Gasteiger partial charge is 0.416 e. The van der Waals surface area contributed by atoms with Gasteiger partial charge in [-0.05, 0) is 30.7 Å². The highest BCUT2D eigenvalue weighted by atomic mass is 32.2. The van der Waals surface area contributed by atoms with Gasteiger partial charge in [0.05, 0.1) is 11.3 Å². The van der Waals surface area contributed by atoms with Gasteiger partial charge in [0.15, 0.2) is 0 Å². The summed E-state index contributed by atoms with van der Waals surface area (Å²) in [6.07, 6.45) is -2.84. The summed E-state index contributed by atoms with van der Waals surface area (Å²) >= 11 is 0. The van der Waals surface area contributed by atoms with E-state index in [1.165, 1.54) is 12.1 Å². The van der Waals surface area contributed by atoms with Gasteiger partial charge in [0.2, 0.25) is 0 Å². The molecular weight excluding hydrogens is 291 g/mol. The van der Waals surface area contributed by atoms with Crippen LogP contribution in [0, 0.1) is 0 Å². The van der Waals surface area contributed by atoms with Gasteiger partial charge in [-0.25, -0.2) is 8.42 Å². The second-order valence-corrected chi connectivity index (χ2v) is 6.93. The molecule has 0 amide bonds. The number of rotatable bonds is 6. The molecule has 0 aromatic heterocycles. The number of nitrogens with one attached hydrogen (secondary N) is 1. The lowest BCUT2D eigenvalue weighted by Gasteiger charge is -2.17. The van der Waals surface area contributed by atoms with E-state index in [1.807, 2.05) is 6.92 Å². The molecule has 0 aliphatic carbocycles. The minimum absolute atomic E-state index is 0.0398. The first-order chi connectivity index (χ1) is 9.12. The molecule has 7 heteroatoms. The van der Waals surface area contributed by atoms with Crippen molar-refractivity contribution >= 4 is 9.84 Å². The van der Waals surface area contributed by atoms with Gasteiger partial charge in [-0.1, -0.05) is 19.1 Å². The molecule has 0 radical (unpaired) electrons. The Morgan fingerprint density at radius 2 is 1.75 bits per heavy atom. The van der Waals surface area contributed by atoms with Crippen LogP contribution < -0.4 is 5.32 Å². The van der Waals surface area contributed by atoms with Crippen LogP contribution in [0.1, 0.15) is 18.1 Å². The summed E-state index contributed by atoms with van der Waals surface area (Å²) in [6.45, 7) is 2.45. The SMILES string of the molecule is CCNC(Cc1ccc(C(F)(F)F)cc1)CS(C)(=O)=O. The van der Waals surface area contributed by atoms with Crippen LogP contribution in [0.15, 0.2) is 24.3 Å². The highest BCUT2D eigenvalue weighted by molar-refractivity contribution is 7.90. The molecule has 1 unspecified atom stereocenters. The van der Waals surface area contributed by atoms with Crippen LogP contribution in [-0.2, 0) is 22.4 Å². The minimum atomic E-state index is -4.35. The molecule has 0 aliphatic rings. The van der Waals surface area contributed by atoms with E-state index in [1.54, 1.807) is 0 Å². The van der Waals surface area contributed by atoms with Gasteiger partial charge >= 0.3 is 6.18 Å². The predicted molar refractivity (Wildman–Crippen MR) is 72.3 cm³/mol. The molecule has 20 heavy (non-hydrogen) atoms. The van der Waals surface area contributed by atoms with Crippen LogP contribution in [0.4, 0.5) is 13.2 Å². The third-order valence-electron chi connectivity index (χ3n) is 2.76. The lowest BCUT2D eigenvalue weighted by atomic mass is 10.0. The van der Waals surface area contributed by atoms with Gasteiger partial charge < -0.3 is 5.32 Å². The maximum atomic E-state index is 12.4. The third kappa shape index (κ3) is 5.92. The van der Waals surface area contributed by atoms with Gasteiger partial charge in [-0.15, -0.1) is 0 Å². The van der Waals surface area contributed by atoms with Gasteiger partial charge in [-0.2, -0.15) is 13.2 Å². The van der Waals surface area contributed by atoms with Gasteiger partial charge in [0.1, 0.15) is 9.84 Å². The van der Waals surface area contributed by atoms with Crippen LogP contribution in [0.3, 0.4) is 0 Å². The van der Waals surface area contributed by atoms with Crippen molar-refractivity contribution in [3.8, 4) is 0 Å². The standard InChI is InChI=1S/C13H18F3NO2S/c1-3-17-12(9-20(2,18)19)8-10-4-6-11(7-5-10)13(14,15)16/h4-7,12,17H,3,8-9H2,1-2H3. The summed E-state index contributed by atoms with van der Waals surface area (Å²) in [4.78, 5) is 0. The first kappa shape index (κ1) is 17.0. The number of likely N-dealkylation sites (N-methyl/N-ethyl adjacent to an activating group) is 1. The number of hydrogen-bond donors (Lipinski definition) is 1. The molecule has 114 valence electrons. The zero-order valence-corrected chi connectivity index (χ0v) is 12.2.